The molecule has 280 valence electrons. The summed E-state index contributed by atoms with van der Waals surface area (Å²) in [5.41, 5.74) is 0. The second kappa shape index (κ2) is 26.2. The fourth-order valence-corrected chi connectivity index (χ4v) is 6.05. The monoisotopic (exact) mass is 708 g/mol. The summed E-state index contributed by atoms with van der Waals surface area (Å²) in [5.74, 6) is -1.15. The standard InChI is InChI=1S/C34H61O13P/c1-3-5-7-8-9-10-11-12-13-14-15-16-17-18-19-21-23-28(36)46-26(24-44-27(35)22-20-6-4-2)25-45-48(42,43)47-34-32(40)30(38)29(37)31(39)33(34)41/h10-11,13-14,26,29-34,37-41H,3-9,12,15-25H2,1-2H3,(H,42,43)/b11-10-,14-13-. The number of esters is 2. The average molecular weight is 709 g/mol. The number of aliphatic hydroxyl groups excluding tert-OH is 5. The fraction of sp³-hybridized carbons (Fsp3) is 0.824. The number of allylic oxidation sites excluding steroid dienone is 4. The van der Waals surface area contributed by atoms with Crippen LogP contribution in [0, 0.1) is 0 Å². The van der Waals surface area contributed by atoms with Gasteiger partial charge in [0.25, 0.3) is 0 Å². The first-order valence-corrected chi connectivity index (χ1v) is 19.1. The Balaban J connectivity index is 2.47. The number of ether oxygens (including phenoxy) is 2. The summed E-state index contributed by atoms with van der Waals surface area (Å²) in [6, 6.07) is 0. The molecule has 0 aromatic carbocycles. The first-order chi connectivity index (χ1) is 22.9. The van der Waals surface area contributed by atoms with Crippen molar-refractivity contribution in [1.82, 2.24) is 0 Å². The molecular weight excluding hydrogens is 647 g/mol. The lowest BCUT2D eigenvalue weighted by Crippen LogP contribution is -2.64. The van der Waals surface area contributed by atoms with Crippen molar-refractivity contribution in [2.75, 3.05) is 13.2 Å². The van der Waals surface area contributed by atoms with Crippen molar-refractivity contribution in [3.63, 3.8) is 0 Å². The Morgan fingerprint density at radius 3 is 1.73 bits per heavy atom. The Labute approximate surface area is 285 Å². The van der Waals surface area contributed by atoms with Gasteiger partial charge in [-0.3, -0.25) is 18.6 Å². The van der Waals surface area contributed by atoms with Crippen molar-refractivity contribution in [2.24, 2.45) is 0 Å². The van der Waals surface area contributed by atoms with Crippen molar-refractivity contribution in [1.29, 1.82) is 0 Å². The highest BCUT2D eigenvalue weighted by atomic mass is 31.2. The molecule has 13 nitrogen and oxygen atoms in total. The normalized spacial score (nSPS) is 24.9. The van der Waals surface area contributed by atoms with Gasteiger partial charge in [-0.25, -0.2) is 4.57 Å². The van der Waals surface area contributed by atoms with Crippen LogP contribution in [0.1, 0.15) is 123 Å². The molecule has 14 heteroatoms. The van der Waals surface area contributed by atoms with Crippen LogP contribution in [0.25, 0.3) is 0 Å². The summed E-state index contributed by atoms with van der Waals surface area (Å²) in [4.78, 5) is 34.9. The summed E-state index contributed by atoms with van der Waals surface area (Å²) >= 11 is 0. The molecule has 1 fully saturated rings. The fourth-order valence-electron chi connectivity index (χ4n) is 5.08. The lowest BCUT2D eigenvalue weighted by Gasteiger charge is -2.41. The smallest absolute Gasteiger partial charge is 0.462 e. The van der Waals surface area contributed by atoms with Crippen LogP contribution >= 0.6 is 7.82 Å². The van der Waals surface area contributed by atoms with Gasteiger partial charge in [0.1, 0.15) is 43.2 Å². The first-order valence-electron chi connectivity index (χ1n) is 17.6. The number of hydrogen-bond donors (Lipinski definition) is 6. The van der Waals surface area contributed by atoms with Crippen molar-refractivity contribution in [3.05, 3.63) is 24.3 Å². The molecule has 6 N–H and O–H groups in total. The average Bonchev–Trinajstić information content (AvgIpc) is 3.06. The van der Waals surface area contributed by atoms with Gasteiger partial charge in [0.2, 0.25) is 0 Å². The zero-order valence-electron chi connectivity index (χ0n) is 28.8. The number of carbonyl (C=O) groups excluding carboxylic acids is 2. The van der Waals surface area contributed by atoms with Crippen LogP contribution in [0.5, 0.6) is 0 Å². The van der Waals surface area contributed by atoms with Crippen LogP contribution < -0.4 is 0 Å². The zero-order valence-corrected chi connectivity index (χ0v) is 29.7. The van der Waals surface area contributed by atoms with Crippen LogP contribution in [0.15, 0.2) is 24.3 Å². The van der Waals surface area contributed by atoms with E-state index in [1.54, 1.807) is 0 Å². The largest absolute Gasteiger partial charge is 0.472 e. The maximum Gasteiger partial charge on any atom is 0.472 e. The van der Waals surface area contributed by atoms with E-state index in [4.69, 9.17) is 18.5 Å². The van der Waals surface area contributed by atoms with Crippen molar-refractivity contribution in [3.8, 4) is 0 Å². The third-order valence-electron chi connectivity index (χ3n) is 8.05. The van der Waals surface area contributed by atoms with Crippen LogP contribution in [0.4, 0.5) is 0 Å². The van der Waals surface area contributed by atoms with Gasteiger partial charge in [0, 0.05) is 12.8 Å². The molecule has 6 unspecified atom stereocenters. The topological polar surface area (TPSA) is 210 Å². The lowest BCUT2D eigenvalue weighted by molar-refractivity contribution is -0.220. The summed E-state index contributed by atoms with van der Waals surface area (Å²) < 4.78 is 32.9. The summed E-state index contributed by atoms with van der Waals surface area (Å²) in [5, 5.41) is 49.6. The Hall–Kier alpha value is -1.67. The van der Waals surface area contributed by atoms with E-state index in [-0.39, 0.29) is 12.8 Å². The van der Waals surface area contributed by atoms with Crippen molar-refractivity contribution >= 4 is 19.8 Å². The molecule has 0 spiro atoms. The van der Waals surface area contributed by atoms with Gasteiger partial charge in [-0.05, 0) is 44.9 Å². The van der Waals surface area contributed by atoms with Gasteiger partial charge < -0.3 is 39.9 Å². The molecule has 0 aromatic heterocycles. The number of phosphoric acid groups is 1. The highest BCUT2D eigenvalue weighted by Crippen LogP contribution is 2.47. The van der Waals surface area contributed by atoms with E-state index < -0.39 is 75.7 Å². The predicted octanol–water partition coefficient (Wildman–Crippen LogP) is 4.55. The lowest BCUT2D eigenvalue weighted by atomic mass is 9.85. The predicted molar refractivity (Wildman–Crippen MR) is 180 cm³/mol. The number of rotatable bonds is 27. The molecule has 0 amide bonds. The van der Waals surface area contributed by atoms with Crippen molar-refractivity contribution in [2.45, 2.75) is 166 Å². The second-order valence-electron chi connectivity index (χ2n) is 12.4. The summed E-state index contributed by atoms with van der Waals surface area (Å²) in [6.45, 7) is 3.01. The Kier molecular flexibility index (Phi) is 24.2. The van der Waals surface area contributed by atoms with E-state index in [2.05, 4.69) is 31.2 Å². The molecule has 1 aliphatic rings. The van der Waals surface area contributed by atoms with Crippen LogP contribution in [-0.2, 0) is 32.7 Å². The SMILES string of the molecule is CCCCCC/C=C\C/C=C\CCCCCCCC(=O)OC(COC(=O)CCCCC)COP(=O)(O)OC1C(O)C(O)C(O)C(O)C1O. The number of unbranched alkanes of at least 4 members (excludes halogenated alkanes) is 11. The zero-order chi connectivity index (χ0) is 35.8. The molecule has 1 saturated carbocycles. The number of phosphoric ester groups is 1. The maximum atomic E-state index is 12.6. The minimum atomic E-state index is -5.09. The van der Waals surface area contributed by atoms with E-state index in [9.17, 15) is 44.6 Å². The van der Waals surface area contributed by atoms with Crippen LogP contribution in [-0.4, -0.2) is 98.3 Å². The molecule has 0 aliphatic heterocycles. The second-order valence-corrected chi connectivity index (χ2v) is 13.8. The molecule has 0 aromatic rings. The van der Waals surface area contributed by atoms with Crippen LogP contribution in [0.3, 0.4) is 0 Å². The van der Waals surface area contributed by atoms with Gasteiger partial charge in [-0.1, -0.05) is 89.5 Å². The summed E-state index contributed by atoms with van der Waals surface area (Å²) in [7, 11) is -5.09. The minimum Gasteiger partial charge on any atom is -0.462 e. The number of hydrogen-bond acceptors (Lipinski definition) is 12. The molecule has 0 bridgehead atoms. The summed E-state index contributed by atoms with van der Waals surface area (Å²) in [6.07, 6.45) is 10.8. The van der Waals surface area contributed by atoms with E-state index in [1.165, 1.54) is 25.7 Å². The quantitative estimate of drug-likeness (QED) is 0.0300. The Morgan fingerprint density at radius 2 is 1.12 bits per heavy atom. The van der Waals surface area contributed by atoms with Gasteiger partial charge in [-0.15, -0.1) is 0 Å². The molecule has 48 heavy (non-hydrogen) atoms. The van der Waals surface area contributed by atoms with Gasteiger partial charge in [0.15, 0.2) is 6.10 Å². The first kappa shape index (κ1) is 44.4. The molecular formula is C34H61O13P. The van der Waals surface area contributed by atoms with E-state index in [0.29, 0.717) is 12.8 Å². The van der Waals surface area contributed by atoms with Gasteiger partial charge in [-0.2, -0.15) is 0 Å². The van der Waals surface area contributed by atoms with E-state index in [0.717, 1.165) is 57.8 Å². The van der Waals surface area contributed by atoms with E-state index >= 15 is 0 Å². The van der Waals surface area contributed by atoms with Crippen LogP contribution in [0.2, 0.25) is 0 Å². The van der Waals surface area contributed by atoms with Gasteiger partial charge >= 0.3 is 19.8 Å². The third kappa shape index (κ3) is 19.5. The number of carbonyl (C=O) groups is 2. The molecule has 0 heterocycles. The molecule has 0 radical (unpaired) electrons. The van der Waals surface area contributed by atoms with Crippen molar-refractivity contribution < 1.29 is 63.1 Å². The van der Waals surface area contributed by atoms with E-state index in [1.807, 2.05) is 6.92 Å². The minimum absolute atomic E-state index is 0.0808. The van der Waals surface area contributed by atoms with Gasteiger partial charge in [0.05, 0.1) is 6.61 Å². The number of aliphatic hydroxyl groups is 5. The maximum absolute atomic E-state index is 12.6. The molecule has 1 aliphatic carbocycles. The highest BCUT2D eigenvalue weighted by Gasteiger charge is 2.51. The molecule has 1 rings (SSSR count). The third-order valence-corrected chi connectivity index (χ3v) is 9.03. The Bertz CT molecular complexity index is 959. The Morgan fingerprint density at radius 1 is 0.646 bits per heavy atom. The highest BCUT2D eigenvalue weighted by molar-refractivity contribution is 7.47. The molecule has 6 atom stereocenters. The molecule has 0 saturated heterocycles.